The number of nitrogens with one attached hydrogen (secondary N) is 1. The highest BCUT2D eigenvalue weighted by atomic mass is 32.2. The summed E-state index contributed by atoms with van der Waals surface area (Å²) in [6.07, 6.45) is 0. The predicted octanol–water partition coefficient (Wildman–Crippen LogP) is 3.42. The normalized spacial score (nSPS) is 18.0. The maximum Gasteiger partial charge on any atom is 0.242 e. The molecule has 2 aromatic carbocycles. The molecule has 1 amide bonds. The summed E-state index contributed by atoms with van der Waals surface area (Å²) in [5, 5.41) is 3.22. The number of amides is 1. The van der Waals surface area contributed by atoms with E-state index in [-0.39, 0.29) is 11.9 Å². The van der Waals surface area contributed by atoms with Gasteiger partial charge in [0.2, 0.25) is 5.91 Å². The topological polar surface area (TPSA) is 32.3 Å². The summed E-state index contributed by atoms with van der Waals surface area (Å²) in [5.41, 5.74) is 2.21. The molecule has 1 unspecified atom stereocenters. The molecule has 1 N–H and O–H groups in total. The van der Waals surface area contributed by atoms with Gasteiger partial charge in [-0.3, -0.25) is 4.79 Å². The Morgan fingerprint density at radius 3 is 2.50 bits per heavy atom. The number of hydrogen-bond acceptors (Lipinski definition) is 3. The molecule has 0 radical (unpaired) electrons. The molecule has 0 aromatic heterocycles. The van der Waals surface area contributed by atoms with E-state index in [4.69, 9.17) is 0 Å². The molecular formula is C18H20N2OS. The van der Waals surface area contributed by atoms with E-state index < -0.39 is 0 Å². The van der Waals surface area contributed by atoms with Gasteiger partial charge < -0.3 is 10.2 Å². The third-order valence-corrected chi connectivity index (χ3v) is 4.87. The van der Waals surface area contributed by atoms with Crippen LogP contribution in [0.1, 0.15) is 11.6 Å². The lowest BCUT2D eigenvalue weighted by atomic mass is 10.1. The molecule has 3 rings (SSSR count). The van der Waals surface area contributed by atoms with E-state index in [1.807, 2.05) is 65.2 Å². The first-order chi connectivity index (χ1) is 10.8. The first-order valence-electron chi connectivity index (χ1n) is 7.55. The summed E-state index contributed by atoms with van der Waals surface area (Å²) in [6.45, 7) is 1.16. The molecule has 22 heavy (non-hydrogen) atoms. The lowest BCUT2D eigenvalue weighted by Gasteiger charge is -2.36. The second-order valence-corrected chi connectivity index (χ2v) is 6.46. The minimum Gasteiger partial charge on any atom is -0.376 e. The molecule has 0 bridgehead atoms. The summed E-state index contributed by atoms with van der Waals surface area (Å²) in [6, 6.07) is 20.4. The molecule has 2 aromatic rings. The van der Waals surface area contributed by atoms with Crippen LogP contribution in [0.4, 0.5) is 5.69 Å². The van der Waals surface area contributed by atoms with Crippen molar-refractivity contribution in [3.63, 3.8) is 0 Å². The largest absolute Gasteiger partial charge is 0.376 e. The number of benzene rings is 2. The van der Waals surface area contributed by atoms with Crippen LogP contribution in [0.15, 0.2) is 60.7 Å². The second kappa shape index (κ2) is 7.36. The molecule has 0 spiro atoms. The van der Waals surface area contributed by atoms with Gasteiger partial charge in [-0.1, -0.05) is 48.5 Å². The maximum absolute atomic E-state index is 12.6. The zero-order valence-electron chi connectivity index (χ0n) is 12.4. The summed E-state index contributed by atoms with van der Waals surface area (Å²) >= 11 is 1.92. The fourth-order valence-corrected chi connectivity index (χ4v) is 3.78. The van der Waals surface area contributed by atoms with E-state index in [0.717, 1.165) is 23.7 Å². The molecule has 1 saturated heterocycles. The number of rotatable bonds is 4. The average Bonchev–Trinajstić information content (AvgIpc) is 2.61. The number of carbonyl (C=O) groups excluding carboxylic acids is 1. The first-order valence-corrected chi connectivity index (χ1v) is 8.71. The Balaban J connectivity index is 1.66. The number of nitrogens with zero attached hydrogens (tertiary/aromatic N) is 1. The molecule has 1 heterocycles. The van der Waals surface area contributed by atoms with Crippen molar-refractivity contribution in [2.75, 3.05) is 29.9 Å². The van der Waals surface area contributed by atoms with Crippen molar-refractivity contribution in [1.29, 1.82) is 0 Å². The van der Waals surface area contributed by atoms with Crippen LogP contribution < -0.4 is 5.32 Å². The summed E-state index contributed by atoms with van der Waals surface area (Å²) in [7, 11) is 0. The van der Waals surface area contributed by atoms with Gasteiger partial charge in [0.05, 0.1) is 12.6 Å². The zero-order valence-corrected chi connectivity index (χ0v) is 13.3. The van der Waals surface area contributed by atoms with Crippen molar-refractivity contribution >= 4 is 23.4 Å². The quantitative estimate of drug-likeness (QED) is 0.939. The Morgan fingerprint density at radius 2 is 1.77 bits per heavy atom. The van der Waals surface area contributed by atoms with Gasteiger partial charge in [-0.15, -0.1) is 0 Å². The lowest BCUT2D eigenvalue weighted by molar-refractivity contribution is -0.131. The van der Waals surface area contributed by atoms with Gasteiger partial charge >= 0.3 is 0 Å². The van der Waals surface area contributed by atoms with Crippen molar-refractivity contribution in [2.24, 2.45) is 0 Å². The molecule has 0 aliphatic carbocycles. The van der Waals surface area contributed by atoms with Gasteiger partial charge in [0, 0.05) is 23.7 Å². The number of anilines is 1. The molecule has 1 aliphatic heterocycles. The third kappa shape index (κ3) is 3.63. The van der Waals surface area contributed by atoms with Crippen LogP contribution >= 0.6 is 11.8 Å². The SMILES string of the molecule is O=C(CNc1ccccc1)N1CCSCC1c1ccccc1. The highest BCUT2D eigenvalue weighted by Crippen LogP contribution is 2.29. The number of carbonyl (C=O) groups is 1. The lowest BCUT2D eigenvalue weighted by Crippen LogP contribution is -2.43. The van der Waals surface area contributed by atoms with Crippen molar-refractivity contribution in [2.45, 2.75) is 6.04 Å². The van der Waals surface area contributed by atoms with E-state index >= 15 is 0 Å². The van der Waals surface area contributed by atoms with Gasteiger partial charge in [-0.2, -0.15) is 11.8 Å². The van der Waals surface area contributed by atoms with Gasteiger partial charge in [0.25, 0.3) is 0 Å². The maximum atomic E-state index is 12.6. The van der Waals surface area contributed by atoms with Gasteiger partial charge in [0.1, 0.15) is 0 Å². The minimum atomic E-state index is 0.165. The monoisotopic (exact) mass is 312 g/mol. The van der Waals surface area contributed by atoms with Crippen LogP contribution in [0.3, 0.4) is 0 Å². The van der Waals surface area contributed by atoms with Crippen LogP contribution in [0.5, 0.6) is 0 Å². The molecule has 4 heteroatoms. The van der Waals surface area contributed by atoms with Crippen LogP contribution in [0.25, 0.3) is 0 Å². The van der Waals surface area contributed by atoms with Crippen molar-refractivity contribution in [1.82, 2.24) is 4.90 Å². The van der Waals surface area contributed by atoms with Crippen molar-refractivity contribution in [3.8, 4) is 0 Å². The Labute approximate surface area is 135 Å². The highest BCUT2D eigenvalue weighted by molar-refractivity contribution is 7.99. The molecule has 1 atom stereocenters. The fourth-order valence-electron chi connectivity index (χ4n) is 2.69. The summed E-state index contributed by atoms with van der Waals surface area (Å²) in [5.74, 6) is 2.15. The number of para-hydroxylation sites is 1. The molecule has 3 nitrogen and oxygen atoms in total. The van der Waals surface area contributed by atoms with E-state index in [1.54, 1.807) is 0 Å². The van der Waals surface area contributed by atoms with Gasteiger partial charge in [-0.05, 0) is 17.7 Å². The standard InChI is InChI=1S/C18H20N2OS/c21-18(13-19-16-9-5-2-6-10-16)20-11-12-22-14-17(20)15-7-3-1-4-8-15/h1-10,17,19H,11-14H2. The summed E-state index contributed by atoms with van der Waals surface area (Å²) in [4.78, 5) is 14.6. The van der Waals surface area contributed by atoms with Crippen LogP contribution in [0.2, 0.25) is 0 Å². The van der Waals surface area contributed by atoms with Crippen molar-refractivity contribution < 1.29 is 4.79 Å². The Hall–Kier alpha value is -1.94. The Bertz CT molecular complexity index is 603. The number of thioether (sulfide) groups is 1. The van der Waals surface area contributed by atoms with E-state index in [0.29, 0.717) is 6.54 Å². The molecule has 1 aliphatic rings. The predicted molar refractivity (Wildman–Crippen MR) is 93.2 cm³/mol. The molecule has 0 saturated carbocycles. The molecule has 114 valence electrons. The van der Waals surface area contributed by atoms with Crippen molar-refractivity contribution in [3.05, 3.63) is 66.2 Å². The van der Waals surface area contributed by atoms with E-state index in [9.17, 15) is 4.79 Å². The highest BCUT2D eigenvalue weighted by Gasteiger charge is 2.27. The molecule has 1 fully saturated rings. The van der Waals surface area contributed by atoms with Gasteiger partial charge in [0.15, 0.2) is 0 Å². The Kier molecular flexibility index (Phi) is 5.01. The van der Waals surface area contributed by atoms with E-state index in [2.05, 4.69) is 17.4 Å². The van der Waals surface area contributed by atoms with Crippen LogP contribution in [-0.2, 0) is 4.79 Å². The molecular weight excluding hydrogens is 292 g/mol. The zero-order chi connectivity index (χ0) is 15.2. The third-order valence-electron chi connectivity index (χ3n) is 3.85. The second-order valence-electron chi connectivity index (χ2n) is 5.31. The fraction of sp³-hybridized carbons (Fsp3) is 0.278. The van der Waals surface area contributed by atoms with E-state index in [1.165, 1.54) is 5.56 Å². The van der Waals surface area contributed by atoms with Gasteiger partial charge in [-0.25, -0.2) is 0 Å². The summed E-state index contributed by atoms with van der Waals surface area (Å²) < 4.78 is 0. The Morgan fingerprint density at radius 1 is 1.09 bits per heavy atom. The van der Waals surface area contributed by atoms with Crippen LogP contribution in [0, 0.1) is 0 Å². The first kappa shape index (κ1) is 15.0. The number of hydrogen-bond donors (Lipinski definition) is 1. The smallest absolute Gasteiger partial charge is 0.242 e. The minimum absolute atomic E-state index is 0.165. The average molecular weight is 312 g/mol. The van der Waals surface area contributed by atoms with Crippen LogP contribution in [-0.4, -0.2) is 35.4 Å².